The number of fused-ring (bicyclic) bond motifs is 2. The third-order valence-corrected chi connectivity index (χ3v) is 8.57. The minimum absolute atomic E-state index is 0.00603. The molecule has 2 amide bonds. The molecule has 0 heterocycles. The van der Waals surface area contributed by atoms with Gasteiger partial charge >= 0.3 is 18.0 Å². The zero-order chi connectivity index (χ0) is 34.1. The molecule has 0 aromatic heterocycles. The zero-order valence-corrected chi connectivity index (χ0v) is 27.4. The SMILES string of the molecule is COC(=O)C(Cc1cccc(C(C)=O)c1)NC(=O)Nc1c2c(cc3c1CCC3)CCC2.COC(=O)C(N)Cc1cccc(C(C)=O)c1. The van der Waals surface area contributed by atoms with Crippen LogP contribution >= 0.6 is 0 Å². The molecule has 2 atom stereocenters. The van der Waals surface area contributed by atoms with E-state index < -0.39 is 30.1 Å². The number of benzene rings is 3. The number of rotatable bonds is 10. The molecule has 47 heavy (non-hydrogen) atoms. The Morgan fingerprint density at radius 2 is 1.23 bits per heavy atom. The van der Waals surface area contributed by atoms with Crippen molar-refractivity contribution >= 4 is 35.2 Å². The minimum atomic E-state index is -0.850. The molecule has 3 aromatic rings. The highest BCUT2D eigenvalue weighted by atomic mass is 16.5. The Morgan fingerprint density at radius 3 is 1.72 bits per heavy atom. The first-order chi connectivity index (χ1) is 22.5. The fourth-order valence-electron chi connectivity index (χ4n) is 6.17. The van der Waals surface area contributed by atoms with Gasteiger partial charge in [-0.15, -0.1) is 0 Å². The second-order valence-corrected chi connectivity index (χ2v) is 12.0. The smallest absolute Gasteiger partial charge is 0.328 e. The molecule has 5 rings (SSSR count). The Hall–Kier alpha value is -4.83. The molecular formula is C37H43N3O7. The second kappa shape index (κ2) is 16.1. The lowest BCUT2D eigenvalue weighted by Gasteiger charge is -2.20. The number of Topliss-reactive ketones (excluding diaryl/α,β-unsaturated/α-hetero) is 2. The molecule has 0 saturated carbocycles. The van der Waals surface area contributed by atoms with Gasteiger partial charge in [0.25, 0.3) is 0 Å². The number of amides is 2. The largest absolute Gasteiger partial charge is 0.468 e. The number of esters is 2. The topological polar surface area (TPSA) is 154 Å². The van der Waals surface area contributed by atoms with E-state index in [1.807, 2.05) is 12.1 Å². The van der Waals surface area contributed by atoms with E-state index in [1.165, 1.54) is 50.3 Å². The minimum Gasteiger partial charge on any atom is -0.468 e. The molecule has 0 saturated heterocycles. The third-order valence-electron chi connectivity index (χ3n) is 8.57. The first-order valence-electron chi connectivity index (χ1n) is 15.9. The Morgan fingerprint density at radius 1 is 0.723 bits per heavy atom. The molecule has 0 spiro atoms. The molecule has 2 aliphatic rings. The van der Waals surface area contributed by atoms with Gasteiger partial charge in [-0.25, -0.2) is 9.59 Å². The summed E-state index contributed by atoms with van der Waals surface area (Å²) in [7, 11) is 2.60. The van der Waals surface area contributed by atoms with Crippen molar-refractivity contribution in [2.75, 3.05) is 19.5 Å². The summed E-state index contributed by atoms with van der Waals surface area (Å²) in [4.78, 5) is 59.2. The fourth-order valence-corrected chi connectivity index (χ4v) is 6.17. The van der Waals surface area contributed by atoms with Crippen molar-refractivity contribution in [3.8, 4) is 0 Å². The lowest BCUT2D eigenvalue weighted by atomic mass is 9.99. The maximum absolute atomic E-state index is 12.9. The molecule has 4 N–H and O–H groups in total. The molecule has 10 heteroatoms. The summed E-state index contributed by atoms with van der Waals surface area (Å²) < 4.78 is 9.44. The number of anilines is 1. The van der Waals surface area contributed by atoms with Crippen LogP contribution in [0.1, 0.15) is 80.8 Å². The van der Waals surface area contributed by atoms with Crippen LogP contribution in [0.2, 0.25) is 0 Å². The molecule has 0 bridgehead atoms. The lowest BCUT2D eigenvalue weighted by molar-refractivity contribution is -0.143. The van der Waals surface area contributed by atoms with E-state index in [1.54, 1.807) is 36.4 Å². The van der Waals surface area contributed by atoms with E-state index in [9.17, 15) is 24.0 Å². The monoisotopic (exact) mass is 641 g/mol. The quantitative estimate of drug-likeness (QED) is 0.213. The van der Waals surface area contributed by atoms with E-state index in [0.29, 0.717) is 17.5 Å². The first-order valence-corrected chi connectivity index (χ1v) is 15.9. The summed E-state index contributed by atoms with van der Waals surface area (Å²) in [6.07, 6.45) is 6.86. The normalized spacial score (nSPS) is 14.0. The Bertz CT molecular complexity index is 1630. The number of nitrogens with two attached hydrogens (primary N) is 1. The van der Waals surface area contributed by atoms with Crippen molar-refractivity contribution in [2.24, 2.45) is 5.73 Å². The Kier molecular flexibility index (Phi) is 12.0. The summed E-state index contributed by atoms with van der Waals surface area (Å²) >= 11 is 0. The number of ether oxygens (including phenoxy) is 2. The van der Waals surface area contributed by atoms with Gasteiger partial charge in [0.2, 0.25) is 0 Å². The maximum Gasteiger partial charge on any atom is 0.328 e. The molecule has 2 aliphatic carbocycles. The third kappa shape index (κ3) is 9.13. The van der Waals surface area contributed by atoms with E-state index >= 15 is 0 Å². The molecule has 3 aromatic carbocycles. The van der Waals surface area contributed by atoms with Crippen LogP contribution in [0.15, 0.2) is 54.6 Å². The van der Waals surface area contributed by atoms with Gasteiger partial charge in [0, 0.05) is 23.2 Å². The number of ketones is 2. The number of aryl methyl sites for hydroxylation is 2. The van der Waals surface area contributed by atoms with Gasteiger partial charge in [-0.1, -0.05) is 42.5 Å². The van der Waals surface area contributed by atoms with Crippen molar-refractivity contribution in [1.82, 2.24) is 5.32 Å². The van der Waals surface area contributed by atoms with Gasteiger partial charge in [-0.2, -0.15) is 0 Å². The maximum atomic E-state index is 12.9. The van der Waals surface area contributed by atoms with Gasteiger partial charge in [0.15, 0.2) is 11.6 Å². The predicted octanol–water partition coefficient (Wildman–Crippen LogP) is 4.70. The molecule has 0 fully saturated rings. The van der Waals surface area contributed by atoms with E-state index in [2.05, 4.69) is 21.4 Å². The van der Waals surface area contributed by atoms with Crippen LogP contribution in [0.25, 0.3) is 0 Å². The number of methoxy groups -OCH3 is 2. The Balaban J connectivity index is 0.000000264. The summed E-state index contributed by atoms with van der Waals surface area (Å²) in [6.45, 7) is 3.00. The number of carbonyl (C=O) groups is 5. The summed E-state index contributed by atoms with van der Waals surface area (Å²) in [6, 6.07) is 14.5. The number of hydrogen-bond acceptors (Lipinski definition) is 8. The van der Waals surface area contributed by atoms with Crippen molar-refractivity contribution in [2.45, 2.75) is 77.3 Å². The van der Waals surface area contributed by atoms with Crippen LogP contribution in [0.5, 0.6) is 0 Å². The molecule has 248 valence electrons. The second-order valence-electron chi connectivity index (χ2n) is 12.0. The number of carbonyl (C=O) groups excluding carboxylic acids is 5. The number of nitrogens with one attached hydrogen (secondary N) is 2. The van der Waals surface area contributed by atoms with Crippen molar-refractivity contribution in [3.05, 3.63) is 99.1 Å². The fraction of sp³-hybridized carbons (Fsp3) is 0.378. The van der Waals surface area contributed by atoms with Crippen molar-refractivity contribution < 1.29 is 33.4 Å². The average Bonchev–Trinajstić information content (AvgIpc) is 3.74. The van der Waals surface area contributed by atoms with Crippen LogP contribution in [0, 0.1) is 0 Å². The van der Waals surface area contributed by atoms with Gasteiger partial charge in [0.1, 0.15) is 12.1 Å². The average molecular weight is 642 g/mol. The molecule has 10 nitrogen and oxygen atoms in total. The standard InChI is InChI=1S/C25H28N2O4.C12H15NO3/c1-15(28)17-7-3-6-16(12-17)13-22(24(29)31-2)26-25(30)27-23-20-10-4-8-18(20)14-19-9-5-11-21(19)23;1-8(14)10-5-3-4-9(6-10)7-11(13)12(15)16-2/h3,6-7,12,14,22H,4-5,8-11,13H2,1-2H3,(H2,26,27,30);3-6,11H,7,13H2,1-2H3. The highest BCUT2D eigenvalue weighted by molar-refractivity contribution is 5.96. The van der Waals surface area contributed by atoms with Crippen LogP contribution in [0.4, 0.5) is 10.5 Å². The predicted molar refractivity (Wildman–Crippen MR) is 179 cm³/mol. The molecular weight excluding hydrogens is 598 g/mol. The summed E-state index contributed by atoms with van der Waals surface area (Å²) in [5.41, 5.74) is 14.5. The van der Waals surface area contributed by atoms with Gasteiger partial charge in [0.05, 0.1) is 14.2 Å². The van der Waals surface area contributed by atoms with Crippen LogP contribution < -0.4 is 16.4 Å². The van der Waals surface area contributed by atoms with Crippen LogP contribution in [-0.4, -0.2) is 55.8 Å². The summed E-state index contributed by atoms with van der Waals surface area (Å²) in [5, 5.41) is 5.84. The highest BCUT2D eigenvalue weighted by Gasteiger charge is 2.27. The lowest BCUT2D eigenvalue weighted by Crippen LogP contribution is -2.45. The van der Waals surface area contributed by atoms with Crippen molar-refractivity contribution in [1.29, 1.82) is 0 Å². The van der Waals surface area contributed by atoms with Crippen molar-refractivity contribution in [3.63, 3.8) is 0 Å². The van der Waals surface area contributed by atoms with Gasteiger partial charge in [-0.05, 0) is 104 Å². The van der Waals surface area contributed by atoms with Gasteiger partial charge in [-0.3, -0.25) is 14.4 Å². The highest BCUT2D eigenvalue weighted by Crippen LogP contribution is 2.38. The van der Waals surface area contributed by atoms with Crippen LogP contribution in [-0.2, 0) is 57.6 Å². The Labute approximate surface area is 275 Å². The van der Waals surface area contributed by atoms with Crippen LogP contribution in [0.3, 0.4) is 0 Å². The summed E-state index contributed by atoms with van der Waals surface area (Å²) in [5.74, 6) is -1.03. The van der Waals surface area contributed by atoms with E-state index in [0.717, 1.165) is 55.3 Å². The molecule has 0 radical (unpaired) electrons. The number of urea groups is 1. The molecule has 2 unspecified atom stereocenters. The van der Waals surface area contributed by atoms with Gasteiger partial charge < -0.3 is 25.8 Å². The first kappa shape index (κ1) is 35.0. The van der Waals surface area contributed by atoms with E-state index in [4.69, 9.17) is 10.5 Å². The van der Waals surface area contributed by atoms with E-state index in [-0.39, 0.29) is 18.0 Å². The molecule has 0 aliphatic heterocycles. The number of hydrogen-bond donors (Lipinski definition) is 3. The zero-order valence-electron chi connectivity index (χ0n) is 27.4.